The van der Waals surface area contributed by atoms with Crippen molar-refractivity contribution in [3.63, 3.8) is 0 Å². The number of carbonyl (C=O) groups excluding carboxylic acids is 1. The number of nitrogens with one attached hydrogen (secondary N) is 2. The van der Waals surface area contributed by atoms with E-state index in [1.807, 2.05) is 0 Å². The second-order valence-electron chi connectivity index (χ2n) is 4.89. The van der Waals surface area contributed by atoms with Crippen LogP contribution in [-0.2, 0) is 0 Å². The van der Waals surface area contributed by atoms with E-state index in [0.29, 0.717) is 18.0 Å². The molecule has 0 aliphatic carbocycles. The minimum Gasteiger partial charge on any atom is -0.352 e. The van der Waals surface area contributed by atoms with Gasteiger partial charge in [0.15, 0.2) is 0 Å². The highest BCUT2D eigenvalue weighted by molar-refractivity contribution is 6.30. The molecule has 2 rings (SSSR count). The van der Waals surface area contributed by atoms with Crippen LogP contribution in [0.25, 0.3) is 0 Å². The van der Waals surface area contributed by atoms with Crippen LogP contribution in [0, 0.1) is 11.7 Å². The monoisotopic (exact) mass is 284 g/mol. The summed E-state index contributed by atoms with van der Waals surface area (Å²) in [6, 6.07) is 4.10. The molecule has 5 heteroatoms. The highest BCUT2D eigenvalue weighted by atomic mass is 35.5. The molecule has 1 fully saturated rings. The van der Waals surface area contributed by atoms with Gasteiger partial charge >= 0.3 is 0 Å². The lowest BCUT2D eigenvalue weighted by Crippen LogP contribution is -2.33. The van der Waals surface area contributed by atoms with E-state index < -0.39 is 5.82 Å². The van der Waals surface area contributed by atoms with Crippen molar-refractivity contribution in [1.29, 1.82) is 0 Å². The van der Waals surface area contributed by atoms with Crippen molar-refractivity contribution >= 4 is 17.5 Å². The predicted molar refractivity (Wildman–Crippen MR) is 74.0 cm³/mol. The number of hydrogen-bond donors (Lipinski definition) is 2. The van der Waals surface area contributed by atoms with E-state index in [-0.39, 0.29) is 10.9 Å². The van der Waals surface area contributed by atoms with Gasteiger partial charge < -0.3 is 10.6 Å². The maximum atomic E-state index is 13.2. The van der Waals surface area contributed by atoms with Crippen molar-refractivity contribution in [3.05, 3.63) is 34.6 Å². The molecule has 1 aromatic carbocycles. The highest BCUT2D eigenvalue weighted by Gasteiger charge is 2.13. The highest BCUT2D eigenvalue weighted by Crippen LogP contribution is 2.16. The Morgan fingerprint density at radius 1 is 1.53 bits per heavy atom. The maximum Gasteiger partial charge on any atom is 0.251 e. The van der Waals surface area contributed by atoms with Crippen LogP contribution < -0.4 is 10.6 Å². The number of piperidine rings is 1. The Labute approximate surface area is 117 Å². The molecule has 0 spiro atoms. The first kappa shape index (κ1) is 14.3. The number of carbonyl (C=O) groups is 1. The predicted octanol–water partition coefficient (Wildman–Crippen LogP) is 2.60. The van der Waals surface area contributed by atoms with E-state index >= 15 is 0 Å². The van der Waals surface area contributed by atoms with Gasteiger partial charge in [0.1, 0.15) is 5.82 Å². The summed E-state index contributed by atoms with van der Waals surface area (Å²) >= 11 is 5.58. The van der Waals surface area contributed by atoms with E-state index in [1.54, 1.807) is 0 Å². The van der Waals surface area contributed by atoms with Crippen molar-refractivity contribution in [2.24, 2.45) is 5.92 Å². The van der Waals surface area contributed by atoms with Gasteiger partial charge in [-0.05, 0) is 56.5 Å². The molecule has 0 bridgehead atoms. The molecule has 104 valence electrons. The fourth-order valence-corrected chi connectivity index (χ4v) is 2.42. The average Bonchev–Trinajstić information content (AvgIpc) is 2.43. The lowest BCUT2D eigenvalue weighted by molar-refractivity contribution is 0.0950. The van der Waals surface area contributed by atoms with E-state index in [0.717, 1.165) is 19.5 Å². The van der Waals surface area contributed by atoms with Crippen LogP contribution in [0.5, 0.6) is 0 Å². The molecule has 1 aliphatic rings. The Balaban J connectivity index is 1.78. The Morgan fingerprint density at radius 2 is 2.37 bits per heavy atom. The molecule has 1 amide bonds. The van der Waals surface area contributed by atoms with Crippen LogP contribution >= 0.6 is 11.6 Å². The summed E-state index contributed by atoms with van der Waals surface area (Å²) in [5, 5.41) is 6.19. The third kappa shape index (κ3) is 4.18. The molecule has 1 atom stereocenters. The molecule has 0 aromatic heterocycles. The van der Waals surface area contributed by atoms with Crippen molar-refractivity contribution in [3.8, 4) is 0 Å². The molecule has 1 heterocycles. The second-order valence-corrected chi connectivity index (χ2v) is 5.29. The van der Waals surface area contributed by atoms with Crippen molar-refractivity contribution in [2.75, 3.05) is 19.6 Å². The molecule has 3 nitrogen and oxygen atoms in total. The van der Waals surface area contributed by atoms with Crippen LogP contribution in [0.3, 0.4) is 0 Å². The summed E-state index contributed by atoms with van der Waals surface area (Å²) < 4.78 is 13.2. The zero-order chi connectivity index (χ0) is 13.7. The first-order valence-electron chi connectivity index (χ1n) is 6.61. The second kappa shape index (κ2) is 6.87. The Morgan fingerprint density at radius 3 is 3.05 bits per heavy atom. The first-order chi connectivity index (χ1) is 9.16. The van der Waals surface area contributed by atoms with Crippen molar-refractivity contribution in [2.45, 2.75) is 19.3 Å². The summed E-state index contributed by atoms with van der Waals surface area (Å²) in [6.45, 7) is 2.73. The van der Waals surface area contributed by atoms with Crippen LogP contribution in [0.2, 0.25) is 5.02 Å². The largest absolute Gasteiger partial charge is 0.352 e. The Bertz CT molecular complexity index is 447. The van der Waals surface area contributed by atoms with Crippen LogP contribution in [-0.4, -0.2) is 25.5 Å². The molecule has 1 unspecified atom stereocenters. The lowest BCUT2D eigenvalue weighted by atomic mass is 9.96. The number of rotatable bonds is 4. The van der Waals surface area contributed by atoms with Gasteiger partial charge in [-0.3, -0.25) is 4.79 Å². The molecule has 2 N–H and O–H groups in total. The molecule has 1 aromatic rings. The zero-order valence-electron chi connectivity index (χ0n) is 10.7. The average molecular weight is 285 g/mol. The van der Waals surface area contributed by atoms with Gasteiger partial charge in [-0.15, -0.1) is 0 Å². The SMILES string of the molecule is O=C(NCCC1CCCNC1)c1ccc(Cl)c(F)c1. The van der Waals surface area contributed by atoms with E-state index in [1.165, 1.54) is 31.0 Å². The normalized spacial score (nSPS) is 19.2. The number of amides is 1. The van der Waals surface area contributed by atoms with Gasteiger partial charge in [0.25, 0.3) is 5.91 Å². The minimum absolute atomic E-state index is 0.0323. The molecule has 19 heavy (non-hydrogen) atoms. The van der Waals surface area contributed by atoms with Crippen LogP contribution in [0.15, 0.2) is 18.2 Å². The van der Waals surface area contributed by atoms with Crippen molar-refractivity contribution in [1.82, 2.24) is 10.6 Å². The fourth-order valence-electron chi connectivity index (χ4n) is 2.30. The zero-order valence-corrected chi connectivity index (χ0v) is 11.5. The molecular weight excluding hydrogens is 267 g/mol. The summed E-state index contributed by atoms with van der Waals surface area (Å²) in [6.07, 6.45) is 3.36. The minimum atomic E-state index is -0.564. The number of hydrogen-bond acceptors (Lipinski definition) is 2. The Hall–Kier alpha value is -1.13. The maximum absolute atomic E-state index is 13.2. The van der Waals surface area contributed by atoms with Crippen molar-refractivity contribution < 1.29 is 9.18 Å². The summed E-state index contributed by atoms with van der Waals surface area (Å²) in [5.74, 6) is -0.193. The summed E-state index contributed by atoms with van der Waals surface area (Å²) in [5.41, 5.74) is 0.309. The standard InChI is InChI=1S/C14H18ClFN2O/c15-12-4-3-11(8-13(12)16)14(19)18-7-5-10-2-1-6-17-9-10/h3-4,8,10,17H,1-2,5-7,9H2,(H,18,19). The topological polar surface area (TPSA) is 41.1 Å². The van der Waals surface area contributed by atoms with Gasteiger partial charge in [-0.2, -0.15) is 0 Å². The van der Waals surface area contributed by atoms with E-state index in [9.17, 15) is 9.18 Å². The quantitative estimate of drug-likeness (QED) is 0.892. The molecule has 0 saturated carbocycles. The summed E-state index contributed by atoms with van der Waals surface area (Å²) in [4.78, 5) is 11.8. The number of benzene rings is 1. The van der Waals surface area contributed by atoms with Crippen LogP contribution in [0.1, 0.15) is 29.6 Å². The van der Waals surface area contributed by atoms with E-state index in [2.05, 4.69) is 10.6 Å². The van der Waals surface area contributed by atoms with Gasteiger partial charge in [-0.1, -0.05) is 11.6 Å². The first-order valence-corrected chi connectivity index (χ1v) is 6.98. The van der Waals surface area contributed by atoms with Gasteiger partial charge in [-0.25, -0.2) is 4.39 Å². The molecular formula is C14H18ClFN2O. The van der Waals surface area contributed by atoms with Gasteiger partial charge in [0.2, 0.25) is 0 Å². The van der Waals surface area contributed by atoms with Gasteiger partial charge in [0.05, 0.1) is 5.02 Å². The lowest BCUT2D eigenvalue weighted by Gasteiger charge is -2.22. The fraction of sp³-hybridized carbons (Fsp3) is 0.500. The van der Waals surface area contributed by atoms with Crippen LogP contribution in [0.4, 0.5) is 4.39 Å². The van der Waals surface area contributed by atoms with E-state index in [4.69, 9.17) is 11.6 Å². The third-order valence-corrected chi connectivity index (χ3v) is 3.73. The molecule has 1 saturated heterocycles. The molecule has 0 radical (unpaired) electrons. The smallest absolute Gasteiger partial charge is 0.251 e. The third-order valence-electron chi connectivity index (χ3n) is 3.42. The van der Waals surface area contributed by atoms with Gasteiger partial charge in [0, 0.05) is 12.1 Å². The molecule has 1 aliphatic heterocycles. The number of halogens is 2. The summed E-state index contributed by atoms with van der Waals surface area (Å²) in [7, 11) is 0. The Kier molecular flexibility index (Phi) is 5.16.